The molecule has 0 aliphatic rings. The minimum Gasteiger partial charge on any atom is -0.507 e. The Hall–Kier alpha value is -2.93. The van der Waals surface area contributed by atoms with Gasteiger partial charge in [0.05, 0.1) is 0 Å². The number of aromatic amines is 1. The number of nitrogens with one attached hydrogen (secondary N) is 1. The molecule has 0 spiro atoms. The maximum atomic E-state index is 11.8. The number of nitrogen functional groups attached to an aromatic ring is 1. The van der Waals surface area contributed by atoms with E-state index in [1.807, 2.05) is 35.7 Å². The van der Waals surface area contributed by atoms with Gasteiger partial charge in [-0.2, -0.15) is 5.10 Å². The monoisotopic (exact) mass is 326 g/mol. The molecular formula is C16H14N4O2S. The fourth-order valence-corrected chi connectivity index (χ4v) is 2.96. The van der Waals surface area contributed by atoms with E-state index in [9.17, 15) is 9.90 Å². The van der Waals surface area contributed by atoms with Crippen LogP contribution in [0.15, 0.2) is 48.1 Å². The summed E-state index contributed by atoms with van der Waals surface area (Å²) >= 11 is 1.52. The van der Waals surface area contributed by atoms with Crippen molar-refractivity contribution in [3.05, 3.63) is 69.9 Å². The quantitative estimate of drug-likeness (QED) is 0.289. The van der Waals surface area contributed by atoms with Crippen LogP contribution in [0.1, 0.15) is 26.6 Å². The van der Waals surface area contributed by atoms with E-state index in [1.54, 1.807) is 0 Å². The molecule has 0 aliphatic heterocycles. The third kappa shape index (κ3) is 3.64. The highest BCUT2D eigenvalue weighted by Gasteiger charge is 2.10. The van der Waals surface area contributed by atoms with Crippen LogP contribution >= 0.6 is 11.3 Å². The molecule has 0 atom stereocenters. The van der Waals surface area contributed by atoms with Crippen molar-refractivity contribution < 1.29 is 9.90 Å². The van der Waals surface area contributed by atoms with Crippen LogP contribution in [0.25, 0.3) is 5.76 Å². The summed E-state index contributed by atoms with van der Waals surface area (Å²) in [5, 5.41) is 18.0. The van der Waals surface area contributed by atoms with Gasteiger partial charge in [-0.15, -0.1) is 11.3 Å². The van der Waals surface area contributed by atoms with E-state index in [1.165, 1.54) is 17.7 Å². The number of benzene rings is 1. The maximum Gasteiger partial charge on any atom is 0.226 e. The number of nitrogens with two attached hydrogens (primary N) is 1. The highest BCUT2D eigenvalue weighted by atomic mass is 32.1. The van der Waals surface area contributed by atoms with Crippen molar-refractivity contribution >= 4 is 28.6 Å². The largest absolute Gasteiger partial charge is 0.507 e. The Bertz CT molecular complexity index is 835. The maximum absolute atomic E-state index is 11.8. The van der Waals surface area contributed by atoms with Gasteiger partial charge in [0.25, 0.3) is 0 Å². The minimum atomic E-state index is -0.425. The second-order valence-corrected chi connectivity index (χ2v) is 5.94. The van der Waals surface area contributed by atoms with E-state index >= 15 is 0 Å². The number of aliphatic hydroxyl groups is 1. The van der Waals surface area contributed by atoms with Gasteiger partial charge in [-0.1, -0.05) is 12.1 Å². The van der Waals surface area contributed by atoms with E-state index in [2.05, 4.69) is 15.2 Å². The summed E-state index contributed by atoms with van der Waals surface area (Å²) in [6.45, 7) is 0. The average molecular weight is 326 g/mol. The molecule has 0 unspecified atom stereocenters. The molecule has 6 nitrogen and oxygen atoms in total. The van der Waals surface area contributed by atoms with Gasteiger partial charge in [-0.05, 0) is 23.8 Å². The van der Waals surface area contributed by atoms with Crippen LogP contribution in [0.4, 0.5) is 5.69 Å². The second-order valence-electron chi connectivity index (χ2n) is 4.95. The van der Waals surface area contributed by atoms with Crippen molar-refractivity contribution in [1.29, 1.82) is 0 Å². The van der Waals surface area contributed by atoms with E-state index in [0.29, 0.717) is 5.56 Å². The Kier molecular flexibility index (Phi) is 4.20. The van der Waals surface area contributed by atoms with Crippen LogP contribution in [0, 0.1) is 0 Å². The number of aromatic nitrogens is 3. The number of hydrogen-bond acceptors (Lipinski definition) is 6. The number of ketones is 1. The summed E-state index contributed by atoms with van der Waals surface area (Å²) in [5.74, 6) is -0.425. The van der Waals surface area contributed by atoms with E-state index in [4.69, 9.17) is 5.73 Å². The molecule has 0 saturated heterocycles. The van der Waals surface area contributed by atoms with E-state index in [0.717, 1.165) is 28.6 Å². The molecule has 3 aromatic rings. The lowest BCUT2D eigenvalue weighted by atomic mass is 10.1. The molecule has 2 heterocycles. The fraction of sp³-hybridized carbons (Fsp3) is 0.0625. The topological polar surface area (TPSA) is 105 Å². The SMILES string of the molecule is Nc1ccc(Cc2cc(C(O)=CC(=O)c3ncn[nH]3)cs2)cc1. The Morgan fingerprint density at radius 2 is 2.13 bits per heavy atom. The average Bonchev–Trinajstić information content (AvgIpc) is 3.21. The second kappa shape index (κ2) is 6.45. The van der Waals surface area contributed by atoms with Crippen molar-refractivity contribution in [3.63, 3.8) is 0 Å². The summed E-state index contributed by atoms with van der Waals surface area (Å²) in [5.41, 5.74) is 8.14. The predicted molar refractivity (Wildman–Crippen MR) is 89.3 cm³/mol. The van der Waals surface area contributed by atoms with Gasteiger partial charge in [0.2, 0.25) is 5.78 Å². The zero-order chi connectivity index (χ0) is 16.2. The Morgan fingerprint density at radius 3 is 2.83 bits per heavy atom. The number of aliphatic hydroxyl groups excluding tert-OH is 1. The standard InChI is InChI=1S/C16H14N4O2S/c17-12-3-1-10(2-4-12)5-13-6-11(8-23-13)14(21)7-15(22)16-18-9-19-20-16/h1-4,6-9,21H,5,17H2,(H,18,19,20). The number of nitrogens with zero attached hydrogens (tertiary/aromatic N) is 2. The number of carbonyl (C=O) groups is 1. The van der Waals surface area contributed by atoms with Gasteiger partial charge in [0.15, 0.2) is 5.82 Å². The lowest BCUT2D eigenvalue weighted by Gasteiger charge is -1.99. The van der Waals surface area contributed by atoms with E-state index < -0.39 is 5.78 Å². The summed E-state index contributed by atoms with van der Waals surface area (Å²) in [4.78, 5) is 16.7. The minimum absolute atomic E-state index is 0.0915. The zero-order valence-corrected chi connectivity index (χ0v) is 12.9. The number of hydrogen-bond donors (Lipinski definition) is 3. The molecule has 0 saturated carbocycles. The molecule has 4 N–H and O–H groups in total. The Balaban J connectivity index is 1.73. The molecule has 0 amide bonds. The van der Waals surface area contributed by atoms with Crippen LogP contribution < -0.4 is 5.73 Å². The highest BCUT2D eigenvalue weighted by Crippen LogP contribution is 2.23. The van der Waals surface area contributed by atoms with Crippen molar-refractivity contribution in [1.82, 2.24) is 15.2 Å². The lowest BCUT2D eigenvalue weighted by molar-refractivity contribution is 0.103. The first-order valence-electron chi connectivity index (χ1n) is 6.84. The predicted octanol–water partition coefficient (Wildman–Crippen LogP) is 2.82. The third-order valence-corrected chi connectivity index (χ3v) is 4.16. The van der Waals surface area contributed by atoms with Crippen LogP contribution in [0.3, 0.4) is 0 Å². The molecule has 0 aliphatic carbocycles. The summed E-state index contributed by atoms with van der Waals surface area (Å²) in [6.07, 6.45) is 3.12. The van der Waals surface area contributed by atoms with Gasteiger partial charge in [0, 0.05) is 34.0 Å². The fourth-order valence-electron chi connectivity index (χ4n) is 2.04. The number of H-pyrrole nitrogens is 1. The molecule has 7 heteroatoms. The van der Waals surface area contributed by atoms with Crippen LogP contribution in [-0.2, 0) is 6.42 Å². The lowest BCUT2D eigenvalue weighted by Crippen LogP contribution is -1.99. The molecule has 0 bridgehead atoms. The molecular weight excluding hydrogens is 312 g/mol. The number of carbonyl (C=O) groups excluding carboxylic acids is 1. The first-order chi connectivity index (χ1) is 11.1. The van der Waals surface area contributed by atoms with Gasteiger partial charge < -0.3 is 10.8 Å². The molecule has 0 fully saturated rings. The van der Waals surface area contributed by atoms with Crippen LogP contribution in [0.2, 0.25) is 0 Å². The number of rotatable bonds is 5. The Morgan fingerprint density at radius 1 is 1.35 bits per heavy atom. The number of thiophene rings is 1. The summed E-state index contributed by atoms with van der Waals surface area (Å²) in [7, 11) is 0. The van der Waals surface area contributed by atoms with Crippen molar-refractivity contribution in [2.75, 3.05) is 5.73 Å². The third-order valence-electron chi connectivity index (χ3n) is 3.22. The summed E-state index contributed by atoms with van der Waals surface area (Å²) in [6, 6.07) is 9.52. The first-order valence-corrected chi connectivity index (χ1v) is 7.72. The molecule has 116 valence electrons. The number of anilines is 1. The molecule has 1 aromatic carbocycles. The normalized spacial score (nSPS) is 11.6. The van der Waals surface area contributed by atoms with Crippen molar-refractivity contribution in [3.8, 4) is 0 Å². The van der Waals surface area contributed by atoms with Crippen molar-refractivity contribution in [2.45, 2.75) is 6.42 Å². The first kappa shape index (κ1) is 15.0. The summed E-state index contributed by atoms with van der Waals surface area (Å²) < 4.78 is 0. The molecule has 23 heavy (non-hydrogen) atoms. The van der Waals surface area contributed by atoms with Gasteiger partial charge in [0.1, 0.15) is 12.1 Å². The number of allylic oxidation sites excluding steroid dienone is 1. The zero-order valence-electron chi connectivity index (χ0n) is 12.1. The highest BCUT2D eigenvalue weighted by molar-refractivity contribution is 7.10. The van der Waals surface area contributed by atoms with Gasteiger partial charge >= 0.3 is 0 Å². The van der Waals surface area contributed by atoms with Crippen molar-refractivity contribution in [2.24, 2.45) is 0 Å². The van der Waals surface area contributed by atoms with Crippen LogP contribution in [-0.4, -0.2) is 26.1 Å². The molecule has 0 radical (unpaired) electrons. The Labute approximate surface area is 136 Å². The van der Waals surface area contributed by atoms with Crippen LogP contribution in [0.5, 0.6) is 0 Å². The van der Waals surface area contributed by atoms with E-state index in [-0.39, 0.29) is 11.6 Å². The smallest absolute Gasteiger partial charge is 0.226 e. The van der Waals surface area contributed by atoms with Gasteiger partial charge in [-0.25, -0.2) is 4.98 Å². The van der Waals surface area contributed by atoms with Gasteiger partial charge in [-0.3, -0.25) is 9.89 Å². The molecule has 2 aromatic heterocycles. The molecule has 3 rings (SSSR count).